The van der Waals surface area contributed by atoms with Gasteiger partial charge in [-0.3, -0.25) is 4.79 Å². The molecule has 0 aromatic heterocycles. The molecule has 9 heteroatoms. The van der Waals surface area contributed by atoms with Crippen molar-refractivity contribution in [1.29, 1.82) is 0 Å². The summed E-state index contributed by atoms with van der Waals surface area (Å²) in [6.45, 7) is -0.131. The maximum absolute atomic E-state index is 14.0. The van der Waals surface area contributed by atoms with Gasteiger partial charge in [-0.05, 0) is 36.4 Å². The number of halogens is 1. The molecule has 25 heavy (non-hydrogen) atoms. The summed E-state index contributed by atoms with van der Waals surface area (Å²) in [6.07, 6.45) is 0. The van der Waals surface area contributed by atoms with E-state index in [-0.39, 0.29) is 17.1 Å². The lowest BCUT2D eigenvalue weighted by Crippen LogP contribution is -2.31. The van der Waals surface area contributed by atoms with Crippen molar-refractivity contribution in [3.63, 3.8) is 0 Å². The zero-order chi connectivity index (χ0) is 18.6. The second-order valence-electron chi connectivity index (χ2n) is 5.26. The summed E-state index contributed by atoms with van der Waals surface area (Å²) in [5.74, 6) is -0.601. The minimum absolute atomic E-state index is 0.0567. The van der Waals surface area contributed by atoms with Gasteiger partial charge in [0.2, 0.25) is 15.9 Å². The molecule has 2 rings (SSSR count). The third kappa shape index (κ3) is 4.68. The molecule has 0 spiro atoms. The monoisotopic (exact) mass is 367 g/mol. The molecule has 0 bridgehead atoms. The highest BCUT2D eigenvalue weighted by Gasteiger charge is 2.16. The van der Waals surface area contributed by atoms with Gasteiger partial charge in [-0.1, -0.05) is 6.07 Å². The van der Waals surface area contributed by atoms with E-state index in [4.69, 9.17) is 9.88 Å². The fourth-order valence-corrected chi connectivity index (χ4v) is 2.77. The Morgan fingerprint density at radius 1 is 1.24 bits per heavy atom. The van der Waals surface area contributed by atoms with E-state index in [1.54, 1.807) is 13.1 Å². The number of nitrogens with two attached hydrogens (primary N) is 1. The van der Waals surface area contributed by atoms with Gasteiger partial charge in [-0.2, -0.15) is 0 Å². The molecule has 1 amide bonds. The second kappa shape index (κ2) is 7.49. The van der Waals surface area contributed by atoms with Crippen molar-refractivity contribution in [2.24, 2.45) is 5.14 Å². The van der Waals surface area contributed by atoms with Crippen LogP contribution in [-0.2, 0) is 14.8 Å². The number of hydrogen-bond acceptors (Lipinski definition) is 5. The first-order valence-electron chi connectivity index (χ1n) is 7.18. The van der Waals surface area contributed by atoms with E-state index in [0.29, 0.717) is 11.4 Å². The maximum Gasteiger partial charge on any atom is 0.243 e. The molecule has 0 radical (unpaired) electrons. The average Bonchev–Trinajstić information content (AvgIpc) is 2.53. The Morgan fingerprint density at radius 2 is 1.88 bits per heavy atom. The van der Waals surface area contributed by atoms with Crippen LogP contribution in [0, 0.1) is 5.82 Å². The number of rotatable bonds is 6. The molecule has 3 N–H and O–H groups in total. The van der Waals surface area contributed by atoms with Gasteiger partial charge in [0.25, 0.3) is 0 Å². The molecule has 0 aliphatic carbocycles. The highest BCUT2D eigenvalue weighted by Crippen LogP contribution is 2.30. The number of nitrogens with one attached hydrogen (secondary N) is 1. The van der Waals surface area contributed by atoms with Gasteiger partial charge in [0, 0.05) is 12.7 Å². The number of benzene rings is 2. The number of amides is 1. The van der Waals surface area contributed by atoms with Crippen LogP contribution in [0.2, 0.25) is 0 Å². The molecular formula is C16H18FN3O4S. The van der Waals surface area contributed by atoms with Gasteiger partial charge in [0.05, 0.1) is 18.6 Å². The van der Waals surface area contributed by atoms with Gasteiger partial charge < -0.3 is 15.0 Å². The summed E-state index contributed by atoms with van der Waals surface area (Å²) in [5.41, 5.74) is 0.566. The van der Waals surface area contributed by atoms with Gasteiger partial charge in [-0.25, -0.2) is 17.9 Å². The topological polar surface area (TPSA) is 102 Å². The molecule has 0 saturated carbocycles. The Balaban J connectivity index is 2.08. The number of sulfonamides is 1. The number of carbonyl (C=O) groups is 1. The highest BCUT2D eigenvalue weighted by molar-refractivity contribution is 7.89. The van der Waals surface area contributed by atoms with Crippen LogP contribution in [0.25, 0.3) is 0 Å². The molecule has 2 aromatic rings. The van der Waals surface area contributed by atoms with Crippen LogP contribution in [0.4, 0.5) is 15.8 Å². The number of anilines is 2. The maximum atomic E-state index is 14.0. The molecule has 0 fully saturated rings. The lowest BCUT2D eigenvalue weighted by Gasteiger charge is -2.21. The predicted molar refractivity (Wildman–Crippen MR) is 92.7 cm³/mol. The van der Waals surface area contributed by atoms with Crippen LogP contribution in [0.3, 0.4) is 0 Å². The standard InChI is InChI=1S/C16H18FN3O4S/c1-20(16-13(17)4-3-5-14(16)24-2)10-15(21)19-11-6-8-12(9-7-11)25(18,22)23/h3-9H,10H2,1-2H3,(H,19,21)(H2,18,22,23). The minimum atomic E-state index is -3.79. The van der Waals surface area contributed by atoms with E-state index in [2.05, 4.69) is 5.32 Å². The molecule has 0 saturated heterocycles. The van der Waals surface area contributed by atoms with Crippen molar-refractivity contribution in [1.82, 2.24) is 0 Å². The Kier molecular flexibility index (Phi) is 5.60. The second-order valence-corrected chi connectivity index (χ2v) is 6.83. The lowest BCUT2D eigenvalue weighted by molar-refractivity contribution is -0.114. The third-order valence-corrected chi connectivity index (χ3v) is 4.33. The van der Waals surface area contributed by atoms with Gasteiger partial charge >= 0.3 is 0 Å². The van der Waals surface area contributed by atoms with Crippen molar-refractivity contribution in [2.75, 3.05) is 30.9 Å². The Hall–Kier alpha value is -2.65. The van der Waals surface area contributed by atoms with Crippen LogP contribution in [0.15, 0.2) is 47.4 Å². The molecular weight excluding hydrogens is 349 g/mol. The van der Waals surface area contributed by atoms with Crippen LogP contribution >= 0.6 is 0 Å². The first-order chi connectivity index (χ1) is 11.7. The summed E-state index contributed by atoms with van der Waals surface area (Å²) in [7, 11) is -0.816. The Labute approximate surface area is 145 Å². The first-order valence-corrected chi connectivity index (χ1v) is 8.73. The summed E-state index contributed by atoms with van der Waals surface area (Å²) in [6, 6.07) is 9.79. The van der Waals surface area contributed by atoms with Crippen LogP contribution in [-0.4, -0.2) is 35.0 Å². The number of methoxy groups -OCH3 is 1. The lowest BCUT2D eigenvalue weighted by atomic mass is 10.2. The molecule has 0 heterocycles. The molecule has 0 atom stereocenters. The normalized spacial score (nSPS) is 11.0. The van der Waals surface area contributed by atoms with E-state index < -0.39 is 21.7 Å². The third-order valence-electron chi connectivity index (χ3n) is 3.40. The summed E-state index contributed by atoms with van der Waals surface area (Å²) in [5, 5.41) is 7.61. The minimum Gasteiger partial charge on any atom is -0.494 e. The number of hydrogen-bond donors (Lipinski definition) is 2. The fourth-order valence-electron chi connectivity index (χ4n) is 2.25. The molecule has 0 aliphatic heterocycles. The van der Waals surface area contributed by atoms with E-state index in [9.17, 15) is 17.6 Å². The molecule has 0 unspecified atom stereocenters. The zero-order valence-corrected chi connectivity index (χ0v) is 14.5. The average molecular weight is 367 g/mol. The quantitative estimate of drug-likeness (QED) is 0.807. The van der Waals surface area contributed by atoms with E-state index in [0.717, 1.165) is 0 Å². The SMILES string of the molecule is COc1cccc(F)c1N(C)CC(=O)Nc1ccc(S(N)(=O)=O)cc1. The zero-order valence-electron chi connectivity index (χ0n) is 13.7. The van der Waals surface area contributed by atoms with Crippen molar-refractivity contribution in [2.45, 2.75) is 4.90 Å². The number of ether oxygens (including phenoxy) is 1. The van der Waals surface area contributed by atoms with Gasteiger partial charge in [0.15, 0.2) is 0 Å². The number of primary sulfonamides is 1. The molecule has 0 aliphatic rings. The summed E-state index contributed by atoms with van der Waals surface area (Å²) >= 11 is 0. The first kappa shape index (κ1) is 18.7. The van der Waals surface area contributed by atoms with Gasteiger partial charge in [0.1, 0.15) is 17.3 Å². The molecule has 7 nitrogen and oxygen atoms in total. The van der Waals surface area contributed by atoms with Crippen molar-refractivity contribution in [3.8, 4) is 5.75 Å². The van der Waals surface area contributed by atoms with Crippen molar-refractivity contribution in [3.05, 3.63) is 48.3 Å². The summed E-state index contributed by atoms with van der Waals surface area (Å²) in [4.78, 5) is 13.5. The number of likely N-dealkylation sites (N-methyl/N-ethyl adjacent to an activating group) is 1. The molecule has 134 valence electrons. The largest absolute Gasteiger partial charge is 0.494 e. The molecule has 2 aromatic carbocycles. The van der Waals surface area contributed by atoms with Crippen LogP contribution < -0.4 is 20.1 Å². The smallest absolute Gasteiger partial charge is 0.243 e. The number of nitrogens with zero attached hydrogens (tertiary/aromatic N) is 1. The Bertz CT molecular complexity index is 869. The van der Waals surface area contributed by atoms with E-state index >= 15 is 0 Å². The fraction of sp³-hybridized carbons (Fsp3) is 0.188. The highest BCUT2D eigenvalue weighted by atomic mass is 32.2. The van der Waals surface area contributed by atoms with E-state index in [1.165, 1.54) is 48.4 Å². The van der Waals surface area contributed by atoms with Crippen LogP contribution in [0.1, 0.15) is 0 Å². The van der Waals surface area contributed by atoms with Crippen molar-refractivity contribution < 1.29 is 22.3 Å². The number of para-hydroxylation sites is 1. The Morgan fingerprint density at radius 3 is 2.44 bits per heavy atom. The summed E-state index contributed by atoms with van der Waals surface area (Å²) < 4.78 is 41.5. The van der Waals surface area contributed by atoms with Gasteiger partial charge in [-0.15, -0.1) is 0 Å². The number of carbonyl (C=O) groups excluding carboxylic acids is 1. The predicted octanol–water partition coefficient (Wildman–Crippen LogP) is 1.56. The van der Waals surface area contributed by atoms with Crippen molar-refractivity contribution >= 4 is 27.3 Å². The van der Waals surface area contributed by atoms with E-state index in [1.807, 2.05) is 0 Å². The van der Waals surface area contributed by atoms with Crippen LogP contribution in [0.5, 0.6) is 5.75 Å².